The number of halogens is 2. The number of hydrogen-bond acceptors (Lipinski definition) is 4. The second-order valence-corrected chi connectivity index (χ2v) is 6.18. The Balaban J connectivity index is 0.00000117. The van der Waals surface area contributed by atoms with Crippen LogP contribution in [0.1, 0.15) is 52.9 Å². The van der Waals surface area contributed by atoms with Gasteiger partial charge in [0.15, 0.2) is 0 Å². The average molecular weight is 371 g/mol. The maximum atomic E-state index is 13.3. The number of hydrogen-bond donors (Lipinski definition) is 2. The molecular formula is C18H27F2N3O3. The van der Waals surface area contributed by atoms with E-state index in [1.165, 1.54) is 25.5 Å². The van der Waals surface area contributed by atoms with Crippen molar-refractivity contribution >= 4 is 24.0 Å². The van der Waals surface area contributed by atoms with E-state index < -0.39 is 12.4 Å². The summed E-state index contributed by atoms with van der Waals surface area (Å²) in [5.74, 6) is 0.259. The first-order chi connectivity index (χ1) is 12.4. The number of anilines is 1. The molecule has 1 aromatic heterocycles. The maximum Gasteiger partial charge on any atom is 0.486 e. The number of aromatic amines is 1. The van der Waals surface area contributed by atoms with E-state index in [9.17, 15) is 13.6 Å². The predicted molar refractivity (Wildman–Crippen MR) is 94.8 cm³/mol. The highest BCUT2D eigenvalue weighted by Gasteiger charge is 2.34. The van der Waals surface area contributed by atoms with Crippen LogP contribution in [0.5, 0.6) is 0 Å². The number of nitrogens with one attached hydrogen (secondary N) is 2. The van der Waals surface area contributed by atoms with Crippen molar-refractivity contribution < 1.29 is 23.0 Å². The lowest BCUT2D eigenvalue weighted by Gasteiger charge is -2.19. The zero-order chi connectivity index (χ0) is 19.2. The molecule has 1 aliphatic carbocycles. The van der Waals surface area contributed by atoms with Crippen LogP contribution in [0, 0.1) is 5.92 Å². The second kappa shape index (κ2) is 9.23. The van der Waals surface area contributed by atoms with Crippen molar-refractivity contribution in [2.45, 2.75) is 65.3 Å². The molecule has 6 nitrogen and oxygen atoms in total. The third kappa shape index (κ3) is 5.60. The summed E-state index contributed by atoms with van der Waals surface area (Å²) in [5.41, 5.74) is 0. The Kier molecular flexibility index (Phi) is 7.28. The molecule has 1 amide bonds. The topological polar surface area (TPSA) is 76.2 Å². The lowest BCUT2D eigenvalue weighted by molar-refractivity contribution is -0.393. The van der Waals surface area contributed by atoms with E-state index >= 15 is 0 Å². The second-order valence-electron chi connectivity index (χ2n) is 6.18. The molecule has 0 saturated heterocycles. The number of imidazole rings is 1. The van der Waals surface area contributed by atoms with Crippen LogP contribution in [0.3, 0.4) is 0 Å². The Morgan fingerprint density at radius 1 is 1.31 bits per heavy atom. The summed E-state index contributed by atoms with van der Waals surface area (Å²) in [7, 11) is 0. The molecule has 0 aromatic carbocycles. The molecule has 2 heterocycles. The molecule has 0 bridgehead atoms. The van der Waals surface area contributed by atoms with Gasteiger partial charge < -0.3 is 4.98 Å². The fourth-order valence-corrected chi connectivity index (χ4v) is 3.06. The number of amides is 1. The Bertz CT molecular complexity index is 712. The van der Waals surface area contributed by atoms with Gasteiger partial charge in [-0.3, -0.25) is 19.6 Å². The van der Waals surface area contributed by atoms with Crippen molar-refractivity contribution in [1.29, 1.82) is 0 Å². The number of rotatable bonds is 2. The van der Waals surface area contributed by atoms with E-state index in [1.54, 1.807) is 0 Å². The molecule has 8 heteroatoms. The molecule has 1 fully saturated rings. The minimum Gasteiger partial charge on any atom is -0.324 e. The fraction of sp³-hybridized carbons (Fsp3) is 0.667. The Morgan fingerprint density at radius 2 is 2.00 bits per heavy atom. The third-order valence-corrected chi connectivity index (χ3v) is 4.23. The van der Waals surface area contributed by atoms with Gasteiger partial charge >= 0.3 is 6.29 Å². The number of ether oxygens (including phenoxy) is 2. The van der Waals surface area contributed by atoms with Crippen molar-refractivity contribution in [2.75, 3.05) is 11.9 Å². The summed E-state index contributed by atoms with van der Waals surface area (Å²) in [4.78, 5) is 19.5. The largest absolute Gasteiger partial charge is 0.486 e. The van der Waals surface area contributed by atoms with Gasteiger partial charge in [-0.05, 0) is 31.9 Å². The number of carbonyl (C=O) groups excluding carboxylic acids is 1. The standard InChI is InChI=1S/C16H21F2N3O3.C2H6/c1-10-9-13-12(7-8-23-16(17,18)24-10)19-15(20-13)21-14(22)11-5-3-2-4-6-11;1-2/h7,9-11H,2-6,8H2,1H3,(H2,19,20,21,22);1-2H3/b12-7+,13-9+;. The van der Waals surface area contributed by atoms with Crippen LogP contribution in [0.25, 0.3) is 12.2 Å². The summed E-state index contributed by atoms with van der Waals surface area (Å²) in [6.07, 6.45) is 3.46. The van der Waals surface area contributed by atoms with Crippen LogP contribution >= 0.6 is 0 Å². The number of H-pyrrole nitrogens is 1. The zero-order valence-corrected chi connectivity index (χ0v) is 15.5. The van der Waals surface area contributed by atoms with Crippen molar-refractivity contribution in [2.24, 2.45) is 5.92 Å². The minimum atomic E-state index is -3.64. The third-order valence-electron chi connectivity index (χ3n) is 4.23. The van der Waals surface area contributed by atoms with E-state index in [0.29, 0.717) is 16.6 Å². The number of alkyl halides is 2. The monoisotopic (exact) mass is 371 g/mol. The highest BCUT2D eigenvalue weighted by atomic mass is 19.3. The highest BCUT2D eigenvalue weighted by molar-refractivity contribution is 5.90. The normalized spacial score (nSPS) is 25.5. The van der Waals surface area contributed by atoms with E-state index in [1.807, 2.05) is 13.8 Å². The molecule has 2 N–H and O–H groups in total. The Morgan fingerprint density at radius 3 is 2.69 bits per heavy atom. The molecule has 1 saturated carbocycles. The van der Waals surface area contributed by atoms with Crippen LogP contribution in [-0.4, -0.2) is 34.9 Å². The van der Waals surface area contributed by atoms with Gasteiger partial charge in [0.05, 0.1) is 23.4 Å². The molecule has 1 aromatic rings. The molecule has 1 atom stereocenters. The average Bonchev–Trinajstić information content (AvgIpc) is 2.98. The molecule has 146 valence electrons. The van der Waals surface area contributed by atoms with E-state index in [0.717, 1.165) is 25.7 Å². The minimum absolute atomic E-state index is 0.00637. The fourth-order valence-electron chi connectivity index (χ4n) is 3.06. The molecule has 1 aliphatic heterocycles. The number of carbonyl (C=O) groups is 1. The Hall–Kier alpha value is -1.80. The number of fused-ring (bicyclic) bond motifs is 1. The quantitative estimate of drug-likeness (QED) is 0.838. The van der Waals surface area contributed by atoms with E-state index in [-0.39, 0.29) is 18.4 Å². The van der Waals surface area contributed by atoms with Gasteiger partial charge in [-0.2, -0.15) is 0 Å². The Labute approximate surface area is 151 Å². The summed E-state index contributed by atoms with van der Waals surface area (Å²) in [6, 6.07) is 0. The SMILES string of the molecule is CC.CC1/C=c2/[nH]c(NC(=O)C3CCCCC3)n/c2=C/COC(F)(F)O1. The van der Waals surface area contributed by atoms with Crippen LogP contribution in [0.15, 0.2) is 0 Å². The number of aromatic nitrogens is 2. The molecule has 0 radical (unpaired) electrons. The van der Waals surface area contributed by atoms with E-state index in [4.69, 9.17) is 0 Å². The smallest absolute Gasteiger partial charge is 0.324 e. The number of nitrogens with zero attached hydrogens (tertiary/aromatic N) is 1. The maximum absolute atomic E-state index is 13.3. The first-order valence-corrected chi connectivity index (χ1v) is 9.21. The van der Waals surface area contributed by atoms with Crippen molar-refractivity contribution in [3.63, 3.8) is 0 Å². The van der Waals surface area contributed by atoms with Gasteiger partial charge in [0.25, 0.3) is 0 Å². The lowest BCUT2D eigenvalue weighted by atomic mass is 9.89. The van der Waals surface area contributed by atoms with E-state index in [2.05, 4.69) is 24.8 Å². The van der Waals surface area contributed by atoms with Crippen LogP contribution in [-0.2, 0) is 14.3 Å². The molecule has 26 heavy (non-hydrogen) atoms. The van der Waals surface area contributed by atoms with Crippen molar-refractivity contribution in [3.8, 4) is 0 Å². The molecule has 0 spiro atoms. The van der Waals surface area contributed by atoms with Gasteiger partial charge in [-0.1, -0.05) is 33.1 Å². The summed E-state index contributed by atoms with van der Waals surface area (Å²) in [5, 5.41) is 3.74. The lowest BCUT2D eigenvalue weighted by Crippen LogP contribution is -2.29. The molecule has 2 aliphatic rings. The van der Waals surface area contributed by atoms with Crippen LogP contribution in [0.4, 0.5) is 14.7 Å². The summed E-state index contributed by atoms with van der Waals surface area (Å²) < 4.78 is 35.5. The zero-order valence-electron chi connectivity index (χ0n) is 15.5. The van der Waals surface area contributed by atoms with Crippen LogP contribution < -0.4 is 16.0 Å². The molecule has 1 unspecified atom stereocenters. The van der Waals surface area contributed by atoms with Crippen molar-refractivity contribution in [1.82, 2.24) is 9.97 Å². The van der Waals surface area contributed by atoms with Gasteiger partial charge in [0, 0.05) is 5.92 Å². The molecule has 3 rings (SSSR count). The van der Waals surface area contributed by atoms with Gasteiger partial charge in [-0.25, -0.2) is 4.98 Å². The highest BCUT2D eigenvalue weighted by Crippen LogP contribution is 2.24. The van der Waals surface area contributed by atoms with Crippen LogP contribution in [0.2, 0.25) is 0 Å². The van der Waals surface area contributed by atoms with Gasteiger partial charge in [0.2, 0.25) is 11.9 Å². The first-order valence-electron chi connectivity index (χ1n) is 9.21. The summed E-state index contributed by atoms with van der Waals surface area (Å²) >= 11 is 0. The van der Waals surface area contributed by atoms with Crippen molar-refractivity contribution in [3.05, 3.63) is 10.7 Å². The van der Waals surface area contributed by atoms with Gasteiger partial charge in [-0.15, -0.1) is 8.78 Å². The molecular weight excluding hydrogens is 344 g/mol. The van der Waals surface area contributed by atoms with Gasteiger partial charge in [0.1, 0.15) is 0 Å². The summed E-state index contributed by atoms with van der Waals surface area (Å²) in [6.45, 7) is 5.13. The predicted octanol–water partition coefficient (Wildman–Crippen LogP) is 2.50. The first kappa shape index (κ1) is 20.5.